The highest BCUT2D eigenvalue weighted by atomic mass is 16.2. The Hall–Kier alpha value is -4.06. The van der Waals surface area contributed by atoms with Crippen molar-refractivity contribution in [1.82, 2.24) is 4.90 Å². The summed E-state index contributed by atoms with van der Waals surface area (Å²) in [5, 5.41) is 0. The Labute approximate surface area is 229 Å². The van der Waals surface area contributed by atoms with Crippen molar-refractivity contribution in [1.29, 1.82) is 0 Å². The quantitative estimate of drug-likeness (QED) is 0.249. The lowest BCUT2D eigenvalue weighted by Crippen LogP contribution is -2.30. The Kier molecular flexibility index (Phi) is 7.73. The molecule has 2 aliphatic rings. The lowest BCUT2D eigenvalue weighted by atomic mass is 9.96. The van der Waals surface area contributed by atoms with Crippen molar-refractivity contribution in [2.24, 2.45) is 11.8 Å². The zero-order valence-electron chi connectivity index (χ0n) is 22.6. The second-order valence-corrected chi connectivity index (χ2v) is 10.8. The van der Waals surface area contributed by atoms with Crippen LogP contribution in [0.5, 0.6) is 0 Å². The molecule has 2 fully saturated rings. The summed E-state index contributed by atoms with van der Waals surface area (Å²) < 4.78 is 0. The van der Waals surface area contributed by atoms with E-state index in [9.17, 15) is 19.2 Å². The summed E-state index contributed by atoms with van der Waals surface area (Å²) in [6.45, 7) is 2.08. The number of benzene rings is 3. The number of carbonyl (C=O) groups excluding carboxylic acids is 4. The normalized spacial score (nSPS) is 19.4. The highest BCUT2D eigenvalue weighted by Gasteiger charge is 2.39. The van der Waals surface area contributed by atoms with Crippen LogP contribution in [-0.4, -0.2) is 35.6 Å². The van der Waals surface area contributed by atoms with Gasteiger partial charge in [-0.2, -0.15) is 0 Å². The van der Waals surface area contributed by atoms with E-state index in [1.807, 2.05) is 24.3 Å². The van der Waals surface area contributed by atoms with Gasteiger partial charge in [-0.25, -0.2) is 0 Å². The second-order valence-electron chi connectivity index (χ2n) is 10.8. The largest absolute Gasteiger partial charge is 0.285 e. The maximum Gasteiger partial charge on any atom is 0.237 e. The third-order valence-electron chi connectivity index (χ3n) is 8.05. The van der Waals surface area contributed by atoms with Crippen LogP contribution >= 0.6 is 0 Å². The molecule has 2 unspecified atom stereocenters. The van der Waals surface area contributed by atoms with Crippen LogP contribution in [0.3, 0.4) is 0 Å². The van der Waals surface area contributed by atoms with Crippen LogP contribution in [0.2, 0.25) is 0 Å². The molecule has 6 heteroatoms. The van der Waals surface area contributed by atoms with E-state index < -0.39 is 0 Å². The first-order valence-electron chi connectivity index (χ1n) is 13.8. The molecule has 0 spiro atoms. The molecule has 4 amide bonds. The topological polar surface area (TPSA) is 74.8 Å². The Morgan fingerprint density at radius 3 is 1.51 bits per heavy atom. The molecule has 0 aromatic heterocycles. The number of likely N-dealkylation sites (tertiary alicyclic amines) is 1. The molecule has 2 saturated heterocycles. The van der Waals surface area contributed by atoms with Crippen molar-refractivity contribution in [2.45, 2.75) is 51.9 Å². The first kappa shape index (κ1) is 26.5. The number of aryl methyl sites for hydroxylation is 1. The number of amides is 4. The lowest BCUT2D eigenvalue weighted by Gasteiger charge is -2.16. The molecule has 0 saturated carbocycles. The smallest absolute Gasteiger partial charge is 0.237 e. The van der Waals surface area contributed by atoms with Gasteiger partial charge in [-0.15, -0.1) is 0 Å². The minimum atomic E-state index is -0.299. The number of rotatable bonds is 9. The predicted octanol–water partition coefficient (Wildman–Crippen LogP) is 6.16. The average molecular weight is 523 g/mol. The first-order chi connectivity index (χ1) is 18.8. The minimum Gasteiger partial charge on any atom is -0.285 e. The van der Waals surface area contributed by atoms with Gasteiger partial charge in [-0.1, -0.05) is 85.5 Å². The lowest BCUT2D eigenvalue weighted by molar-refractivity contribution is -0.137. The van der Waals surface area contributed by atoms with Crippen LogP contribution in [-0.2, 0) is 19.2 Å². The number of unbranched alkanes of at least 4 members (excludes halogenated alkanes) is 2. The van der Waals surface area contributed by atoms with Crippen LogP contribution < -0.4 is 4.90 Å². The molecule has 6 nitrogen and oxygen atoms in total. The van der Waals surface area contributed by atoms with Crippen LogP contribution in [0, 0.1) is 18.8 Å². The zero-order valence-corrected chi connectivity index (χ0v) is 22.6. The van der Waals surface area contributed by atoms with E-state index in [2.05, 4.69) is 55.5 Å². The second kappa shape index (κ2) is 11.4. The molecule has 2 heterocycles. The summed E-state index contributed by atoms with van der Waals surface area (Å²) in [6.07, 6.45) is 4.42. The van der Waals surface area contributed by atoms with E-state index in [1.54, 1.807) is 0 Å². The third-order valence-corrected chi connectivity index (χ3v) is 8.05. The van der Waals surface area contributed by atoms with Crippen molar-refractivity contribution in [2.75, 3.05) is 11.9 Å². The first-order valence-corrected chi connectivity index (χ1v) is 13.8. The molecule has 0 aliphatic carbocycles. The van der Waals surface area contributed by atoms with E-state index in [0.29, 0.717) is 24.9 Å². The molecule has 2 aliphatic heterocycles. The number of imide groups is 2. The highest BCUT2D eigenvalue weighted by molar-refractivity contribution is 6.21. The van der Waals surface area contributed by atoms with Crippen molar-refractivity contribution >= 4 is 29.3 Å². The van der Waals surface area contributed by atoms with Crippen LogP contribution in [0.4, 0.5) is 5.69 Å². The molecule has 0 bridgehead atoms. The maximum atomic E-state index is 13.1. The summed E-state index contributed by atoms with van der Waals surface area (Å²) in [7, 11) is 1.54. The molecule has 0 N–H and O–H groups in total. The van der Waals surface area contributed by atoms with Crippen LogP contribution in [0.15, 0.2) is 72.8 Å². The number of anilines is 1. The molecular formula is C33H34N2O4. The predicted molar refractivity (Wildman–Crippen MR) is 152 cm³/mol. The monoisotopic (exact) mass is 522 g/mol. The Morgan fingerprint density at radius 1 is 0.590 bits per heavy atom. The van der Waals surface area contributed by atoms with Crippen LogP contribution in [0.25, 0.3) is 22.3 Å². The van der Waals surface area contributed by atoms with E-state index in [0.717, 1.165) is 36.0 Å². The average Bonchev–Trinajstić information content (AvgIpc) is 3.37. The van der Waals surface area contributed by atoms with Crippen molar-refractivity contribution < 1.29 is 19.2 Å². The van der Waals surface area contributed by atoms with Gasteiger partial charge in [0.1, 0.15) is 0 Å². The van der Waals surface area contributed by atoms with Gasteiger partial charge >= 0.3 is 0 Å². The van der Waals surface area contributed by atoms with Gasteiger partial charge < -0.3 is 0 Å². The van der Waals surface area contributed by atoms with Gasteiger partial charge in [0.15, 0.2) is 0 Å². The van der Waals surface area contributed by atoms with Crippen molar-refractivity contribution in [3.63, 3.8) is 0 Å². The van der Waals surface area contributed by atoms with E-state index >= 15 is 0 Å². The Morgan fingerprint density at radius 2 is 1.03 bits per heavy atom. The Bertz CT molecular complexity index is 1380. The van der Waals surface area contributed by atoms with Crippen LogP contribution in [0.1, 0.15) is 50.5 Å². The van der Waals surface area contributed by atoms with Gasteiger partial charge in [0.05, 0.1) is 5.69 Å². The molecule has 3 aromatic rings. The van der Waals surface area contributed by atoms with E-state index in [1.165, 1.54) is 28.0 Å². The summed E-state index contributed by atoms with van der Waals surface area (Å²) in [4.78, 5) is 52.0. The molecule has 5 rings (SSSR count). The number of hydrogen-bond acceptors (Lipinski definition) is 4. The van der Waals surface area contributed by atoms with Gasteiger partial charge in [0, 0.05) is 31.7 Å². The van der Waals surface area contributed by atoms with Gasteiger partial charge in [0.2, 0.25) is 23.6 Å². The van der Waals surface area contributed by atoms with E-state index in [4.69, 9.17) is 0 Å². The van der Waals surface area contributed by atoms with Crippen molar-refractivity contribution in [3.05, 3.63) is 78.4 Å². The summed E-state index contributed by atoms with van der Waals surface area (Å²) >= 11 is 0. The van der Waals surface area contributed by atoms with Crippen molar-refractivity contribution in [3.8, 4) is 22.3 Å². The van der Waals surface area contributed by atoms with Gasteiger partial charge in [-0.05, 0) is 54.2 Å². The number of nitrogens with zero attached hydrogens (tertiary/aromatic N) is 2. The Balaban J connectivity index is 1.14. The summed E-state index contributed by atoms with van der Waals surface area (Å²) in [6, 6.07) is 24.5. The molecule has 0 radical (unpaired) electrons. The number of carbonyl (C=O) groups is 4. The van der Waals surface area contributed by atoms with E-state index in [-0.39, 0.29) is 41.9 Å². The molecular weight excluding hydrogens is 488 g/mol. The molecule has 200 valence electrons. The van der Waals surface area contributed by atoms with Gasteiger partial charge in [-0.3, -0.25) is 29.0 Å². The highest BCUT2D eigenvalue weighted by Crippen LogP contribution is 2.32. The minimum absolute atomic E-state index is 0.0857. The zero-order chi connectivity index (χ0) is 27.5. The third kappa shape index (κ3) is 5.70. The summed E-state index contributed by atoms with van der Waals surface area (Å²) in [5.74, 6) is -0.984. The van der Waals surface area contributed by atoms with Gasteiger partial charge in [0.25, 0.3) is 0 Å². The number of hydrogen-bond donors (Lipinski definition) is 0. The fourth-order valence-corrected chi connectivity index (χ4v) is 5.61. The SMILES string of the molecule is Cc1ccc(-c2ccc(-c3ccc(N4C(=O)CC(CCCCCC5CC(=O)N(C)C5=O)C4=O)cc3)cc2)cc1. The molecule has 2 atom stereocenters. The molecule has 39 heavy (non-hydrogen) atoms. The maximum absolute atomic E-state index is 13.1. The standard InChI is InChI=1S/C33H34N2O4/c1-22-8-10-23(11-9-22)24-12-14-25(15-13-24)26-16-18-29(19-17-26)35-31(37)21-28(33(35)39)7-5-3-4-6-27-20-30(36)34(2)32(27)38/h8-19,27-28H,3-7,20-21H2,1-2H3. The summed E-state index contributed by atoms with van der Waals surface area (Å²) in [5.41, 5.74) is 6.28. The fourth-order valence-electron chi connectivity index (χ4n) is 5.61. The fraction of sp³-hybridized carbons (Fsp3) is 0.333. The molecule has 3 aromatic carbocycles.